The molecule has 1 aromatic rings. The first kappa shape index (κ1) is 15.2. The highest BCUT2D eigenvalue weighted by atomic mass is 16.4. The molecule has 0 fully saturated rings. The van der Waals surface area contributed by atoms with Crippen molar-refractivity contribution in [3.63, 3.8) is 0 Å². The minimum Gasteiger partial charge on any atom is -0.481 e. The number of amides is 1. The molecule has 0 bridgehead atoms. The van der Waals surface area contributed by atoms with Gasteiger partial charge in [-0.1, -0.05) is 32.4 Å². The van der Waals surface area contributed by atoms with Crippen LogP contribution in [0.25, 0.3) is 0 Å². The minimum absolute atomic E-state index is 0.0652. The summed E-state index contributed by atoms with van der Waals surface area (Å²) in [5, 5.41) is 11.4. The van der Waals surface area contributed by atoms with E-state index < -0.39 is 5.97 Å². The van der Waals surface area contributed by atoms with Crippen LogP contribution < -0.4 is 5.32 Å². The third-order valence-corrected chi connectivity index (χ3v) is 2.89. The van der Waals surface area contributed by atoms with Gasteiger partial charge < -0.3 is 10.4 Å². The van der Waals surface area contributed by atoms with Gasteiger partial charge >= 0.3 is 5.97 Å². The van der Waals surface area contributed by atoms with Crippen LogP contribution in [0, 0.1) is 5.92 Å². The number of hydrogen-bond acceptors (Lipinski definition) is 2. The molecule has 1 unspecified atom stereocenters. The van der Waals surface area contributed by atoms with E-state index in [0.29, 0.717) is 12.1 Å². The van der Waals surface area contributed by atoms with Gasteiger partial charge in [0, 0.05) is 18.5 Å². The quantitative estimate of drug-likeness (QED) is 0.794. The molecule has 0 saturated carbocycles. The van der Waals surface area contributed by atoms with Crippen molar-refractivity contribution in [1.82, 2.24) is 5.32 Å². The fourth-order valence-electron chi connectivity index (χ4n) is 1.85. The molecular formula is C15H21NO3. The van der Waals surface area contributed by atoms with Crippen LogP contribution in [0.3, 0.4) is 0 Å². The van der Waals surface area contributed by atoms with Crippen LogP contribution in [-0.2, 0) is 11.2 Å². The van der Waals surface area contributed by atoms with E-state index in [0.717, 1.165) is 12.8 Å². The van der Waals surface area contributed by atoms with Crippen molar-refractivity contribution in [1.29, 1.82) is 0 Å². The Balaban J connectivity index is 2.47. The number of carboxylic acids is 1. The molecule has 4 nitrogen and oxygen atoms in total. The molecule has 0 aliphatic heterocycles. The Morgan fingerprint density at radius 2 is 1.89 bits per heavy atom. The van der Waals surface area contributed by atoms with Crippen molar-refractivity contribution >= 4 is 11.9 Å². The summed E-state index contributed by atoms with van der Waals surface area (Å²) >= 11 is 0. The summed E-state index contributed by atoms with van der Waals surface area (Å²) < 4.78 is 0. The van der Waals surface area contributed by atoms with Crippen molar-refractivity contribution in [3.05, 3.63) is 35.4 Å². The van der Waals surface area contributed by atoms with Gasteiger partial charge in [0.15, 0.2) is 0 Å². The maximum atomic E-state index is 11.8. The molecule has 0 radical (unpaired) electrons. The summed E-state index contributed by atoms with van der Waals surface area (Å²) in [6.45, 7) is 4.30. The van der Waals surface area contributed by atoms with Crippen LogP contribution in [-0.4, -0.2) is 23.5 Å². The zero-order valence-electron chi connectivity index (χ0n) is 11.5. The lowest BCUT2D eigenvalue weighted by molar-refractivity contribution is -0.137. The van der Waals surface area contributed by atoms with Crippen molar-refractivity contribution in [2.45, 2.75) is 33.1 Å². The third-order valence-electron chi connectivity index (χ3n) is 2.89. The van der Waals surface area contributed by atoms with E-state index in [1.165, 1.54) is 5.56 Å². The van der Waals surface area contributed by atoms with Crippen molar-refractivity contribution in [3.8, 4) is 0 Å². The molecule has 0 aromatic heterocycles. The molecule has 1 amide bonds. The van der Waals surface area contributed by atoms with Gasteiger partial charge in [-0.3, -0.25) is 9.59 Å². The molecule has 0 heterocycles. The first-order chi connectivity index (χ1) is 9.02. The van der Waals surface area contributed by atoms with E-state index in [4.69, 9.17) is 5.11 Å². The number of aryl methyl sites for hydroxylation is 1. The first-order valence-electron chi connectivity index (χ1n) is 6.61. The van der Waals surface area contributed by atoms with Crippen LogP contribution in [0.1, 0.15) is 42.6 Å². The monoisotopic (exact) mass is 263 g/mol. The Kier molecular flexibility index (Phi) is 6.06. The van der Waals surface area contributed by atoms with E-state index in [-0.39, 0.29) is 18.2 Å². The highest BCUT2D eigenvalue weighted by Crippen LogP contribution is 2.07. The van der Waals surface area contributed by atoms with Crippen molar-refractivity contribution in [2.24, 2.45) is 5.92 Å². The Hall–Kier alpha value is -1.84. The van der Waals surface area contributed by atoms with Crippen LogP contribution in [0.5, 0.6) is 0 Å². The largest absolute Gasteiger partial charge is 0.481 e. The summed E-state index contributed by atoms with van der Waals surface area (Å²) in [5.74, 6) is -1.06. The number of nitrogens with one attached hydrogen (secondary N) is 1. The molecule has 0 aliphatic rings. The SMILES string of the molecule is CCCc1ccc(C(=O)NCC(C)CC(=O)O)cc1. The standard InChI is InChI=1S/C15H21NO3/c1-3-4-12-5-7-13(8-6-12)15(19)16-10-11(2)9-14(17)18/h5-8,11H,3-4,9-10H2,1-2H3,(H,16,19)(H,17,18). The molecule has 1 aromatic carbocycles. The number of benzene rings is 1. The van der Waals surface area contributed by atoms with Crippen molar-refractivity contribution < 1.29 is 14.7 Å². The highest BCUT2D eigenvalue weighted by Gasteiger charge is 2.10. The fourth-order valence-corrected chi connectivity index (χ4v) is 1.85. The molecule has 1 rings (SSSR count). The first-order valence-corrected chi connectivity index (χ1v) is 6.61. The lowest BCUT2D eigenvalue weighted by Crippen LogP contribution is -2.29. The summed E-state index contributed by atoms with van der Waals surface area (Å²) in [7, 11) is 0. The summed E-state index contributed by atoms with van der Waals surface area (Å²) in [4.78, 5) is 22.4. The average molecular weight is 263 g/mol. The minimum atomic E-state index is -0.842. The zero-order chi connectivity index (χ0) is 14.3. The molecule has 104 valence electrons. The number of carbonyl (C=O) groups is 2. The lowest BCUT2D eigenvalue weighted by Gasteiger charge is -2.10. The molecular weight excluding hydrogens is 242 g/mol. The zero-order valence-corrected chi connectivity index (χ0v) is 11.5. The second-order valence-electron chi connectivity index (χ2n) is 4.86. The lowest BCUT2D eigenvalue weighted by atomic mass is 10.1. The van der Waals surface area contributed by atoms with E-state index in [2.05, 4.69) is 12.2 Å². The van der Waals surface area contributed by atoms with Crippen LogP contribution in [0.2, 0.25) is 0 Å². The van der Waals surface area contributed by atoms with E-state index >= 15 is 0 Å². The Morgan fingerprint density at radius 3 is 2.42 bits per heavy atom. The van der Waals surface area contributed by atoms with Gasteiger partial charge in [0.25, 0.3) is 5.91 Å². The van der Waals surface area contributed by atoms with Crippen molar-refractivity contribution in [2.75, 3.05) is 6.54 Å². The molecule has 0 saturated heterocycles. The number of carbonyl (C=O) groups excluding carboxylic acids is 1. The number of aliphatic carboxylic acids is 1. The maximum Gasteiger partial charge on any atom is 0.303 e. The molecule has 19 heavy (non-hydrogen) atoms. The smallest absolute Gasteiger partial charge is 0.303 e. The van der Waals surface area contributed by atoms with Gasteiger partial charge in [0.2, 0.25) is 0 Å². The Labute approximate surface area is 113 Å². The predicted octanol–water partition coefficient (Wildman–Crippen LogP) is 2.48. The number of carboxylic acid groups (broad SMARTS) is 1. The molecule has 0 aliphatic carbocycles. The van der Waals surface area contributed by atoms with E-state index in [1.54, 1.807) is 6.92 Å². The summed E-state index contributed by atoms with van der Waals surface area (Å²) in [5.41, 5.74) is 1.83. The second-order valence-corrected chi connectivity index (χ2v) is 4.86. The highest BCUT2D eigenvalue weighted by molar-refractivity contribution is 5.94. The average Bonchev–Trinajstić information content (AvgIpc) is 2.36. The van der Waals surface area contributed by atoms with Gasteiger partial charge in [0.1, 0.15) is 0 Å². The third kappa shape index (κ3) is 5.55. The Morgan fingerprint density at radius 1 is 1.26 bits per heavy atom. The number of rotatable bonds is 7. The normalized spacial score (nSPS) is 11.9. The van der Waals surface area contributed by atoms with Gasteiger partial charge in [-0.2, -0.15) is 0 Å². The van der Waals surface area contributed by atoms with Gasteiger partial charge in [0.05, 0.1) is 0 Å². The van der Waals surface area contributed by atoms with Gasteiger partial charge in [-0.15, -0.1) is 0 Å². The molecule has 2 N–H and O–H groups in total. The molecule has 0 spiro atoms. The Bertz CT molecular complexity index is 426. The van der Waals surface area contributed by atoms with Crippen LogP contribution >= 0.6 is 0 Å². The van der Waals surface area contributed by atoms with E-state index in [1.807, 2.05) is 24.3 Å². The molecule has 4 heteroatoms. The topological polar surface area (TPSA) is 66.4 Å². The van der Waals surface area contributed by atoms with Crippen LogP contribution in [0.4, 0.5) is 0 Å². The molecule has 1 atom stereocenters. The van der Waals surface area contributed by atoms with Gasteiger partial charge in [-0.25, -0.2) is 0 Å². The summed E-state index contributed by atoms with van der Waals surface area (Å²) in [6, 6.07) is 7.53. The summed E-state index contributed by atoms with van der Waals surface area (Å²) in [6.07, 6.45) is 2.16. The van der Waals surface area contributed by atoms with Gasteiger partial charge in [-0.05, 0) is 30.0 Å². The maximum absolute atomic E-state index is 11.8. The fraction of sp³-hybridized carbons (Fsp3) is 0.467. The second kappa shape index (κ2) is 7.56. The van der Waals surface area contributed by atoms with E-state index in [9.17, 15) is 9.59 Å². The number of hydrogen-bond donors (Lipinski definition) is 2. The van der Waals surface area contributed by atoms with Crippen LogP contribution in [0.15, 0.2) is 24.3 Å². The predicted molar refractivity (Wildman–Crippen MR) is 74.2 cm³/mol.